The number of fused-ring (bicyclic) bond motifs is 14. The highest BCUT2D eigenvalue weighted by molar-refractivity contribution is 5.71. The molecular weight excluding hydrogens is 1690 g/mol. The lowest BCUT2D eigenvalue weighted by atomic mass is 9.71. The molecule has 25 nitrogen and oxygen atoms in total. The van der Waals surface area contributed by atoms with Gasteiger partial charge in [0.05, 0.1) is 52.9 Å². The molecule has 0 N–H and O–H groups in total. The van der Waals surface area contributed by atoms with Gasteiger partial charge < -0.3 is 76.9 Å². The fraction of sp³-hybridized carbons (Fsp3) is 0.881. The van der Waals surface area contributed by atoms with Gasteiger partial charge in [0, 0.05) is 161 Å². The van der Waals surface area contributed by atoms with Gasteiger partial charge in [0.2, 0.25) is 11.9 Å². The van der Waals surface area contributed by atoms with Gasteiger partial charge in [-0.25, -0.2) is 43.9 Å². The van der Waals surface area contributed by atoms with Crippen LogP contribution in [0.1, 0.15) is 314 Å². The lowest BCUT2D eigenvalue weighted by molar-refractivity contribution is -0.0973. The molecular formula is C109H185N11O14. The van der Waals surface area contributed by atoms with E-state index in [-0.39, 0.29) is 47.3 Å². The van der Waals surface area contributed by atoms with Crippen molar-refractivity contribution in [3.63, 3.8) is 0 Å². The number of nitrogens with zero attached hydrogens (tertiary/aromatic N) is 11. The van der Waals surface area contributed by atoms with Crippen LogP contribution in [0.3, 0.4) is 0 Å². The summed E-state index contributed by atoms with van der Waals surface area (Å²) in [5.74, 6) is 16.2. The molecule has 14 unspecified atom stereocenters. The van der Waals surface area contributed by atoms with Gasteiger partial charge in [0.1, 0.15) is 28.0 Å². The molecule has 18 rings (SSSR count). The largest absolute Gasteiger partial charge is 0.444 e. The number of aryl methyl sites for hydroxylation is 2. The SMILES string of the molecule is CC(C)C1C2COCC1CN(C(=O)OC(C)(C)C)C2.CC(C)C1C2COCC1CN(C(=O)OC(C)(C)C)C2.CC(C)C1C2COCC1CN(C(=O)OC1(C)CC1)C2.CC(C)C1CC2CCC(C1)N2C(=O)OC(C)(C)C.CC(C)C1CC2CCC(C1)N2C(=O)OC1(C)CC1.CCCc1cnc(N2C3CCC2CC(C(C)C)C3)nc1.CCCc1cnc(N2CC3COCC(C2)C3C(C)C)nc1. The van der Waals surface area contributed by atoms with Gasteiger partial charge in [-0.3, -0.25) is 0 Å². The van der Waals surface area contributed by atoms with Gasteiger partial charge >= 0.3 is 30.5 Å². The van der Waals surface area contributed by atoms with E-state index in [9.17, 15) is 24.0 Å². The molecule has 2 aromatic heterocycles. The zero-order valence-electron chi connectivity index (χ0n) is 88.6. The van der Waals surface area contributed by atoms with E-state index in [0.29, 0.717) is 119 Å². The third-order valence-electron chi connectivity index (χ3n) is 32.8. The summed E-state index contributed by atoms with van der Waals surface area (Å²) < 4.78 is 50.6. The summed E-state index contributed by atoms with van der Waals surface area (Å²) in [6, 6.07) is 3.10. The lowest BCUT2D eigenvalue weighted by Crippen LogP contribution is -2.56. The van der Waals surface area contributed by atoms with E-state index in [1.54, 1.807) is 0 Å². The van der Waals surface area contributed by atoms with E-state index >= 15 is 0 Å². The molecule has 14 saturated heterocycles. The zero-order valence-corrected chi connectivity index (χ0v) is 88.6. The summed E-state index contributed by atoms with van der Waals surface area (Å²) in [7, 11) is 0. The van der Waals surface area contributed by atoms with E-state index < -0.39 is 11.2 Å². The average Bonchev–Trinajstić information content (AvgIpc) is 1.55. The molecule has 134 heavy (non-hydrogen) atoms. The topological polar surface area (TPSA) is 243 Å². The van der Waals surface area contributed by atoms with Crippen molar-refractivity contribution < 1.29 is 66.6 Å². The summed E-state index contributed by atoms with van der Waals surface area (Å²) in [5, 5.41) is 0. The maximum atomic E-state index is 12.3. The zero-order chi connectivity index (χ0) is 97.4. The van der Waals surface area contributed by atoms with E-state index in [2.05, 4.69) is 145 Å². The molecule has 16 fully saturated rings. The third-order valence-corrected chi connectivity index (χ3v) is 32.8. The minimum absolute atomic E-state index is 0.0373. The Kier molecular flexibility index (Phi) is 36.8. The van der Waals surface area contributed by atoms with E-state index in [4.69, 9.17) is 42.6 Å². The number of piperidine rings is 7. The first-order valence-corrected chi connectivity index (χ1v) is 53.6. The third kappa shape index (κ3) is 28.7. The number of rotatable bonds is 15. The summed E-state index contributed by atoms with van der Waals surface area (Å²) >= 11 is 0. The Bertz CT molecular complexity index is 3730. The number of anilines is 2. The number of hydrogen-bond acceptors (Lipinski definition) is 20. The van der Waals surface area contributed by atoms with Crippen LogP contribution < -0.4 is 9.80 Å². The summed E-state index contributed by atoms with van der Waals surface area (Å²) in [6.07, 6.45) is 30.7. The minimum atomic E-state index is -0.419. The normalized spacial score (nSPS) is 32.2. The van der Waals surface area contributed by atoms with Gasteiger partial charge in [-0.2, -0.15) is 0 Å². The van der Waals surface area contributed by atoms with Crippen molar-refractivity contribution in [3.8, 4) is 0 Å². The molecule has 14 bridgehead atoms. The maximum absolute atomic E-state index is 12.3. The minimum Gasteiger partial charge on any atom is -0.444 e. The van der Waals surface area contributed by atoms with Crippen LogP contribution in [-0.4, -0.2) is 244 Å². The number of ether oxygens (including phenoxy) is 9. The van der Waals surface area contributed by atoms with Crippen molar-refractivity contribution in [2.45, 2.75) is 380 Å². The Balaban J connectivity index is 0.000000141. The van der Waals surface area contributed by atoms with E-state index in [1.165, 1.54) is 62.5 Å². The molecule has 760 valence electrons. The van der Waals surface area contributed by atoms with Crippen LogP contribution in [0.25, 0.3) is 0 Å². The van der Waals surface area contributed by atoms with Crippen molar-refractivity contribution in [3.05, 3.63) is 35.9 Å². The molecule has 0 spiro atoms. The van der Waals surface area contributed by atoms with Gasteiger partial charge in [-0.1, -0.05) is 124 Å². The van der Waals surface area contributed by atoms with Crippen molar-refractivity contribution in [2.24, 2.45) is 130 Å². The van der Waals surface area contributed by atoms with Crippen LogP contribution in [-0.2, 0) is 55.5 Å². The first-order chi connectivity index (χ1) is 63.2. The second-order valence-electron chi connectivity index (χ2n) is 49.8. The van der Waals surface area contributed by atoms with Gasteiger partial charge in [-0.15, -0.1) is 0 Å². The molecule has 25 heteroatoms. The Hall–Kier alpha value is -6.05. The highest BCUT2D eigenvalue weighted by Crippen LogP contribution is 2.50. The highest BCUT2D eigenvalue weighted by Gasteiger charge is 2.54. The lowest BCUT2D eigenvalue weighted by Gasteiger charge is -2.48. The standard InChI is InChI=1S/C17H27N3O.C17H27N3.C15H25NO3.2C15H27NO3.C15H25NO2.C15H27NO2/c1-4-5-13-6-18-17(19-7-13)20-8-14-10-21-11-15(9-20)16(14)12(2)3;1-4-5-13-10-18-17(19-11-13)20-15-6-7-16(20)9-14(8-15)12(2)3;1-10(2)13-11-6-16(7-12(13)9-18-8-11)14(17)19-15(3)4-5-15;2*1-10(2)13-11-6-16(7-12(13)9-18-8-11)14(17)19-15(3,4)5;1-10(2)11-8-12-4-5-13(9-11)16(12)14(17)18-15(3)6-7-15;1-10(2)11-8-12-6-7-13(9-11)16(12)14(17)18-15(3,4)5/h6-7,12,14-16H,4-5,8-11H2,1-3H3;10-12,14-16H,4-9H2,1-3H3;10-13H,4-9H2,1-3H3;2*10-13H,6-9H2,1-5H3;10-13H,4-9H2,1-3H3;10-13H,6-9H2,1-5H3. The predicted molar refractivity (Wildman–Crippen MR) is 530 cm³/mol. The summed E-state index contributed by atoms with van der Waals surface area (Å²) in [6.45, 7) is 71.3. The van der Waals surface area contributed by atoms with Crippen LogP contribution in [0.4, 0.5) is 35.9 Å². The van der Waals surface area contributed by atoms with Crippen molar-refractivity contribution in [2.75, 3.05) is 115 Å². The number of aromatic nitrogens is 4. The van der Waals surface area contributed by atoms with E-state index in [1.807, 2.05) is 121 Å². The van der Waals surface area contributed by atoms with Crippen LogP contribution in [0.5, 0.6) is 0 Å². The van der Waals surface area contributed by atoms with Gasteiger partial charge in [0.25, 0.3) is 0 Å². The quantitative estimate of drug-likeness (QED) is 0.150. The van der Waals surface area contributed by atoms with Crippen LogP contribution in [0.2, 0.25) is 0 Å². The first-order valence-electron chi connectivity index (χ1n) is 53.6. The summed E-state index contributed by atoms with van der Waals surface area (Å²) in [4.78, 5) is 94.3. The first kappa shape index (κ1) is 107. The number of amides is 5. The molecule has 0 radical (unpaired) electrons. The molecule has 14 aliphatic heterocycles. The van der Waals surface area contributed by atoms with Crippen molar-refractivity contribution >= 4 is 42.4 Å². The Morgan fingerprint density at radius 1 is 0.343 bits per heavy atom. The second kappa shape index (κ2) is 46.1. The molecule has 14 atom stereocenters. The number of likely N-dealkylation sites (tertiary alicyclic amines) is 3. The predicted octanol–water partition coefficient (Wildman–Crippen LogP) is 22.1. The van der Waals surface area contributed by atoms with Crippen molar-refractivity contribution in [1.29, 1.82) is 0 Å². The number of hydrogen-bond donors (Lipinski definition) is 0. The molecule has 16 aliphatic rings. The Morgan fingerprint density at radius 2 is 0.590 bits per heavy atom. The smallest absolute Gasteiger partial charge is 0.410 e. The van der Waals surface area contributed by atoms with E-state index in [0.717, 1.165) is 242 Å². The fourth-order valence-electron chi connectivity index (χ4n) is 25.9. The second-order valence-corrected chi connectivity index (χ2v) is 49.8. The molecule has 2 aromatic rings. The number of carbonyl (C=O) groups is 5. The van der Waals surface area contributed by atoms with Gasteiger partial charge in [0.15, 0.2) is 0 Å². The van der Waals surface area contributed by atoms with Crippen LogP contribution in [0, 0.1) is 130 Å². The Labute approximate surface area is 809 Å². The number of carbonyl (C=O) groups excluding carboxylic acids is 5. The maximum Gasteiger partial charge on any atom is 0.410 e. The van der Waals surface area contributed by atoms with Gasteiger partial charge in [-0.05, 0) is 286 Å². The van der Waals surface area contributed by atoms with Crippen molar-refractivity contribution in [1.82, 2.24) is 44.4 Å². The van der Waals surface area contributed by atoms with Crippen LogP contribution in [0.15, 0.2) is 24.8 Å². The average molecular weight is 1870 g/mol. The molecule has 0 aromatic carbocycles. The highest BCUT2D eigenvalue weighted by atomic mass is 16.6. The monoisotopic (exact) mass is 1870 g/mol. The Morgan fingerprint density at radius 3 is 0.858 bits per heavy atom. The molecule has 2 aliphatic carbocycles. The summed E-state index contributed by atoms with van der Waals surface area (Å²) in [5.41, 5.74) is 0.978. The molecule has 2 saturated carbocycles. The molecule has 16 heterocycles. The van der Waals surface area contributed by atoms with Crippen LogP contribution >= 0.6 is 0 Å². The molecule has 5 amide bonds. The fourth-order valence-corrected chi connectivity index (χ4v) is 25.9.